The largest absolute Gasteiger partial charge is 0.398 e. The lowest BCUT2D eigenvalue weighted by atomic mass is 9.98. The molecule has 1 aliphatic rings. The van der Waals surface area contributed by atoms with Crippen LogP contribution in [0.2, 0.25) is 0 Å². The Hall–Kier alpha value is -3.05. The summed E-state index contributed by atoms with van der Waals surface area (Å²) < 4.78 is 0. The smallest absolute Gasteiger partial charge is 0.178 e. The minimum atomic E-state index is -0.0591. The lowest BCUT2D eigenvalue weighted by Crippen LogP contribution is -2.21. The second-order valence-electron chi connectivity index (χ2n) is 6.92. The Bertz CT molecular complexity index is 966. The lowest BCUT2D eigenvalue weighted by molar-refractivity contribution is 0.101. The Morgan fingerprint density at radius 2 is 1.79 bits per heavy atom. The van der Waals surface area contributed by atoms with Crippen molar-refractivity contribution >= 4 is 28.5 Å². The summed E-state index contributed by atoms with van der Waals surface area (Å²) in [6, 6.07) is 13.0. The van der Waals surface area contributed by atoms with Crippen molar-refractivity contribution in [3.05, 3.63) is 59.9 Å². The quantitative estimate of drug-likeness (QED) is 0.406. The van der Waals surface area contributed by atoms with Gasteiger partial charge in [0.05, 0.1) is 0 Å². The van der Waals surface area contributed by atoms with E-state index in [4.69, 9.17) is 5.73 Å². The van der Waals surface area contributed by atoms with Crippen molar-refractivity contribution in [1.29, 1.82) is 0 Å². The molecule has 5 heteroatoms. The second-order valence-corrected chi connectivity index (χ2v) is 6.92. The van der Waals surface area contributed by atoms with E-state index in [2.05, 4.69) is 10.3 Å². The molecule has 144 valence electrons. The van der Waals surface area contributed by atoms with Crippen LogP contribution in [0.25, 0.3) is 21.9 Å². The van der Waals surface area contributed by atoms with Gasteiger partial charge in [-0.1, -0.05) is 30.7 Å². The lowest BCUT2D eigenvalue weighted by Gasteiger charge is -2.08. The maximum absolute atomic E-state index is 11.3. The number of benzene rings is 2. The molecular formula is C23H25N3O2. The number of hydrogen-bond acceptors (Lipinski definition) is 5. The molecule has 0 spiro atoms. The minimum Gasteiger partial charge on any atom is -0.398 e. The van der Waals surface area contributed by atoms with Gasteiger partial charge in [0.2, 0.25) is 0 Å². The van der Waals surface area contributed by atoms with Gasteiger partial charge in [0, 0.05) is 29.9 Å². The number of rotatable bonds is 3. The van der Waals surface area contributed by atoms with E-state index in [0.29, 0.717) is 16.9 Å². The minimum absolute atomic E-state index is 0.0591. The molecule has 4 rings (SSSR count). The summed E-state index contributed by atoms with van der Waals surface area (Å²) in [4.78, 5) is 26.6. The van der Waals surface area contributed by atoms with E-state index in [1.54, 1.807) is 18.3 Å². The van der Waals surface area contributed by atoms with Crippen LogP contribution in [0.5, 0.6) is 0 Å². The van der Waals surface area contributed by atoms with E-state index >= 15 is 0 Å². The number of aromatic nitrogens is 1. The van der Waals surface area contributed by atoms with E-state index in [0.717, 1.165) is 28.2 Å². The van der Waals surface area contributed by atoms with Crippen molar-refractivity contribution in [3.63, 3.8) is 0 Å². The number of Topliss-reactive ketones (excluding diaryl/α,β-unsaturated/α-hetero) is 1. The molecule has 0 amide bonds. The summed E-state index contributed by atoms with van der Waals surface area (Å²) in [7, 11) is 0. The first kappa shape index (κ1) is 19.7. The zero-order chi connectivity index (χ0) is 19.9. The Balaban J connectivity index is 0.000000320. The Labute approximate surface area is 165 Å². The topological polar surface area (TPSA) is 85.1 Å². The zero-order valence-electron chi connectivity index (χ0n) is 16.1. The summed E-state index contributed by atoms with van der Waals surface area (Å²) in [5.74, 6) is -0.0591. The number of hydrogen-bond donors (Lipinski definition) is 2. The number of anilines is 1. The molecule has 0 saturated carbocycles. The molecule has 1 saturated heterocycles. The van der Waals surface area contributed by atoms with Crippen LogP contribution in [0.15, 0.2) is 48.7 Å². The molecule has 0 radical (unpaired) electrons. The van der Waals surface area contributed by atoms with Gasteiger partial charge >= 0.3 is 0 Å². The van der Waals surface area contributed by atoms with E-state index < -0.39 is 0 Å². The van der Waals surface area contributed by atoms with E-state index in [9.17, 15) is 9.59 Å². The summed E-state index contributed by atoms with van der Waals surface area (Å²) in [5.41, 5.74) is 9.13. The summed E-state index contributed by atoms with van der Waals surface area (Å²) in [5, 5.41) is 5.05. The number of fused-ring (bicyclic) bond motifs is 1. The number of nitrogens with one attached hydrogen (secondary N) is 1. The normalized spacial score (nSPS) is 13.5. The molecule has 0 unspecified atom stereocenters. The molecule has 0 aliphatic carbocycles. The Kier molecular flexibility index (Phi) is 6.50. The number of piperidine rings is 1. The van der Waals surface area contributed by atoms with Crippen LogP contribution in [0.3, 0.4) is 0 Å². The first-order valence-electron chi connectivity index (χ1n) is 9.55. The van der Waals surface area contributed by atoms with Crippen molar-refractivity contribution in [2.24, 2.45) is 0 Å². The molecule has 0 atom stereocenters. The maximum atomic E-state index is 11.3. The van der Waals surface area contributed by atoms with Gasteiger partial charge in [-0.3, -0.25) is 14.6 Å². The Morgan fingerprint density at radius 1 is 1.04 bits per heavy atom. The molecule has 3 N–H and O–H groups in total. The van der Waals surface area contributed by atoms with Crippen molar-refractivity contribution in [3.8, 4) is 11.1 Å². The number of aldehydes is 1. The first-order chi connectivity index (χ1) is 13.6. The number of carbonyl (C=O) groups excluding carboxylic acids is 2. The van der Waals surface area contributed by atoms with Gasteiger partial charge in [0.15, 0.2) is 12.1 Å². The fourth-order valence-corrected chi connectivity index (χ4v) is 3.26. The highest BCUT2D eigenvalue weighted by atomic mass is 16.1. The van der Waals surface area contributed by atoms with Crippen molar-refractivity contribution in [1.82, 2.24) is 10.3 Å². The van der Waals surface area contributed by atoms with Gasteiger partial charge in [-0.2, -0.15) is 0 Å². The van der Waals surface area contributed by atoms with Crippen LogP contribution in [-0.4, -0.2) is 30.1 Å². The van der Waals surface area contributed by atoms with E-state index in [1.165, 1.54) is 39.3 Å². The molecule has 1 aromatic heterocycles. The first-order valence-corrected chi connectivity index (χ1v) is 9.55. The van der Waals surface area contributed by atoms with Crippen molar-refractivity contribution < 1.29 is 9.59 Å². The van der Waals surface area contributed by atoms with E-state index in [1.807, 2.05) is 30.3 Å². The van der Waals surface area contributed by atoms with Gasteiger partial charge in [-0.25, -0.2) is 0 Å². The molecule has 3 aromatic rings. The zero-order valence-corrected chi connectivity index (χ0v) is 16.1. The Morgan fingerprint density at radius 3 is 2.32 bits per heavy atom. The molecule has 1 aliphatic heterocycles. The third-order valence-corrected chi connectivity index (χ3v) is 4.88. The molecule has 1 fully saturated rings. The third-order valence-electron chi connectivity index (χ3n) is 4.88. The van der Waals surface area contributed by atoms with Crippen LogP contribution < -0.4 is 11.1 Å². The van der Waals surface area contributed by atoms with Gasteiger partial charge in [0.1, 0.15) is 5.69 Å². The molecular weight excluding hydrogens is 350 g/mol. The molecule has 0 bridgehead atoms. The standard InChI is InChI=1S/C18H14N2O2.C5H11N/c1-11(22)18-7-4-14(9-20-18)12-2-5-15-13(8-12)3-6-17(19)16(15)10-21;1-2-4-6-5-3-1/h2-10H,19H2,1H3;6H,1-5H2. The van der Waals surface area contributed by atoms with Gasteiger partial charge in [-0.05, 0) is 60.5 Å². The average Bonchev–Trinajstić information content (AvgIpc) is 2.75. The highest BCUT2D eigenvalue weighted by Crippen LogP contribution is 2.28. The van der Waals surface area contributed by atoms with E-state index in [-0.39, 0.29) is 5.78 Å². The number of ketones is 1. The highest BCUT2D eigenvalue weighted by Gasteiger charge is 2.07. The predicted molar refractivity (Wildman–Crippen MR) is 114 cm³/mol. The maximum Gasteiger partial charge on any atom is 0.178 e. The highest BCUT2D eigenvalue weighted by molar-refractivity contribution is 6.04. The van der Waals surface area contributed by atoms with Crippen LogP contribution in [-0.2, 0) is 0 Å². The van der Waals surface area contributed by atoms with Gasteiger partial charge < -0.3 is 11.1 Å². The number of nitrogens with zero attached hydrogens (tertiary/aromatic N) is 1. The van der Waals surface area contributed by atoms with Crippen molar-refractivity contribution in [2.45, 2.75) is 26.2 Å². The molecule has 2 heterocycles. The SMILES string of the molecule is C1CCNCC1.CC(=O)c1ccc(-c2ccc3c(C=O)c(N)ccc3c2)cn1. The predicted octanol–water partition coefficient (Wildman–Crippen LogP) is 4.26. The summed E-state index contributed by atoms with van der Waals surface area (Å²) in [6.45, 7) is 3.99. The van der Waals surface area contributed by atoms with Crippen LogP contribution in [0.1, 0.15) is 47.0 Å². The monoisotopic (exact) mass is 375 g/mol. The fraction of sp³-hybridized carbons (Fsp3) is 0.261. The van der Waals surface area contributed by atoms with Crippen LogP contribution >= 0.6 is 0 Å². The number of nitrogens with two attached hydrogens (primary N) is 1. The number of nitrogen functional groups attached to an aromatic ring is 1. The fourth-order valence-electron chi connectivity index (χ4n) is 3.26. The second kappa shape index (κ2) is 9.24. The molecule has 28 heavy (non-hydrogen) atoms. The van der Waals surface area contributed by atoms with Crippen LogP contribution in [0.4, 0.5) is 5.69 Å². The van der Waals surface area contributed by atoms with Crippen molar-refractivity contribution in [2.75, 3.05) is 18.8 Å². The summed E-state index contributed by atoms with van der Waals surface area (Å²) >= 11 is 0. The number of pyridine rings is 1. The number of carbonyl (C=O) groups is 2. The average molecular weight is 375 g/mol. The summed E-state index contributed by atoms with van der Waals surface area (Å²) in [6.07, 6.45) is 6.67. The van der Waals surface area contributed by atoms with Gasteiger partial charge in [0.25, 0.3) is 0 Å². The van der Waals surface area contributed by atoms with Gasteiger partial charge in [-0.15, -0.1) is 0 Å². The molecule has 2 aromatic carbocycles. The molecule has 5 nitrogen and oxygen atoms in total. The third kappa shape index (κ3) is 4.61. The van der Waals surface area contributed by atoms with Crippen LogP contribution in [0, 0.1) is 0 Å².